The summed E-state index contributed by atoms with van der Waals surface area (Å²) in [6.07, 6.45) is 3.49. The van der Waals surface area contributed by atoms with Crippen LogP contribution < -0.4 is 5.32 Å². The minimum absolute atomic E-state index is 0.0874. The third-order valence-corrected chi connectivity index (χ3v) is 4.18. The lowest BCUT2D eigenvalue weighted by Crippen LogP contribution is -2.26. The maximum atomic E-state index is 12.4. The first-order valence-electron chi connectivity index (χ1n) is 8.33. The molecule has 0 unspecified atom stereocenters. The second-order valence-corrected chi connectivity index (χ2v) is 6.26. The van der Waals surface area contributed by atoms with Crippen LogP contribution in [0.2, 0.25) is 0 Å². The first-order valence-corrected chi connectivity index (χ1v) is 8.33. The summed E-state index contributed by atoms with van der Waals surface area (Å²) in [5, 5.41) is 7.47. The van der Waals surface area contributed by atoms with Gasteiger partial charge in [0.1, 0.15) is 0 Å². The summed E-state index contributed by atoms with van der Waals surface area (Å²) in [6, 6.07) is 13.4. The van der Waals surface area contributed by atoms with Crippen molar-refractivity contribution in [2.45, 2.75) is 33.4 Å². The highest BCUT2D eigenvalue weighted by atomic mass is 16.1. The van der Waals surface area contributed by atoms with E-state index in [1.54, 1.807) is 12.4 Å². The molecular weight excluding hydrogens is 312 g/mol. The highest BCUT2D eigenvalue weighted by Gasteiger charge is 2.11. The van der Waals surface area contributed by atoms with Crippen molar-refractivity contribution in [2.75, 3.05) is 0 Å². The molecule has 1 atom stereocenters. The molecular formula is C20H22N4O. The van der Waals surface area contributed by atoms with Gasteiger partial charge < -0.3 is 5.32 Å². The maximum absolute atomic E-state index is 12.4. The summed E-state index contributed by atoms with van der Waals surface area (Å²) < 4.78 is 1.97. The van der Waals surface area contributed by atoms with Gasteiger partial charge in [-0.3, -0.25) is 14.5 Å². The Labute approximate surface area is 147 Å². The van der Waals surface area contributed by atoms with Crippen molar-refractivity contribution >= 4 is 5.91 Å². The monoisotopic (exact) mass is 334 g/mol. The number of pyridine rings is 1. The Morgan fingerprint density at radius 3 is 2.56 bits per heavy atom. The van der Waals surface area contributed by atoms with Crippen molar-refractivity contribution in [3.8, 4) is 0 Å². The predicted molar refractivity (Wildman–Crippen MR) is 97.4 cm³/mol. The molecule has 1 N–H and O–H groups in total. The normalized spacial score (nSPS) is 12.0. The van der Waals surface area contributed by atoms with E-state index in [0.717, 1.165) is 22.5 Å². The van der Waals surface area contributed by atoms with Crippen LogP contribution in [0.1, 0.15) is 45.8 Å². The summed E-state index contributed by atoms with van der Waals surface area (Å²) in [7, 11) is 0. The molecule has 3 rings (SSSR count). The van der Waals surface area contributed by atoms with E-state index >= 15 is 0 Å². The molecule has 0 fully saturated rings. The quantitative estimate of drug-likeness (QED) is 0.777. The lowest BCUT2D eigenvalue weighted by atomic mass is 10.1. The predicted octanol–water partition coefficient (Wildman–Crippen LogP) is 3.43. The molecule has 2 aromatic heterocycles. The number of nitrogens with zero attached hydrogens (tertiary/aromatic N) is 3. The minimum atomic E-state index is -0.0889. The molecule has 0 saturated carbocycles. The number of nitrogens with one attached hydrogen (secondary N) is 1. The molecule has 0 saturated heterocycles. The highest BCUT2D eigenvalue weighted by Crippen LogP contribution is 2.13. The zero-order chi connectivity index (χ0) is 17.8. The number of rotatable bonds is 5. The summed E-state index contributed by atoms with van der Waals surface area (Å²) in [5.41, 5.74) is 4.88. The molecule has 128 valence electrons. The summed E-state index contributed by atoms with van der Waals surface area (Å²) in [4.78, 5) is 16.5. The Kier molecular flexibility index (Phi) is 4.93. The van der Waals surface area contributed by atoms with Gasteiger partial charge in [-0.1, -0.05) is 18.2 Å². The second-order valence-electron chi connectivity index (χ2n) is 6.26. The number of carbonyl (C=O) groups is 1. The molecule has 0 spiro atoms. The van der Waals surface area contributed by atoms with E-state index in [1.807, 2.05) is 61.9 Å². The van der Waals surface area contributed by atoms with Crippen LogP contribution in [0.3, 0.4) is 0 Å². The van der Waals surface area contributed by atoms with Crippen molar-refractivity contribution in [3.63, 3.8) is 0 Å². The largest absolute Gasteiger partial charge is 0.345 e. The van der Waals surface area contributed by atoms with Gasteiger partial charge in [-0.15, -0.1) is 0 Å². The Morgan fingerprint density at radius 1 is 1.20 bits per heavy atom. The summed E-state index contributed by atoms with van der Waals surface area (Å²) in [6.45, 7) is 6.68. The number of aryl methyl sites for hydroxylation is 2. The zero-order valence-electron chi connectivity index (χ0n) is 14.7. The van der Waals surface area contributed by atoms with E-state index in [4.69, 9.17) is 0 Å². The Balaban J connectivity index is 1.65. The topological polar surface area (TPSA) is 59.8 Å². The molecule has 0 aliphatic carbocycles. The van der Waals surface area contributed by atoms with Crippen molar-refractivity contribution in [1.29, 1.82) is 0 Å². The first-order chi connectivity index (χ1) is 12.0. The van der Waals surface area contributed by atoms with Crippen LogP contribution in [0.15, 0.2) is 54.9 Å². The van der Waals surface area contributed by atoms with Crippen LogP contribution in [0, 0.1) is 13.8 Å². The third-order valence-electron chi connectivity index (χ3n) is 4.18. The van der Waals surface area contributed by atoms with Gasteiger partial charge in [-0.25, -0.2) is 0 Å². The lowest BCUT2D eigenvalue weighted by molar-refractivity contribution is 0.0940. The molecule has 2 heterocycles. The molecule has 1 aromatic carbocycles. The van der Waals surface area contributed by atoms with Crippen LogP contribution >= 0.6 is 0 Å². The van der Waals surface area contributed by atoms with E-state index < -0.39 is 0 Å². The minimum Gasteiger partial charge on any atom is -0.345 e. The molecule has 0 radical (unpaired) electrons. The molecule has 0 aliphatic heterocycles. The van der Waals surface area contributed by atoms with Crippen molar-refractivity contribution in [3.05, 3.63) is 82.9 Å². The van der Waals surface area contributed by atoms with E-state index in [-0.39, 0.29) is 11.9 Å². The molecule has 3 aromatic rings. The van der Waals surface area contributed by atoms with E-state index in [0.29, 0.717) is 12.1 Å². The molecule has 5 heteroatoms. The van der Waals surface area contributed by atoms with Gasteiger partial charge >= 0.3 is 0 Å². The summed E-state index contributed by atoms with van der Waals surface area (Å²) in [5.74, 6) is -0.0889. The lowest BCUT2D eigenvalue weighted by Gasteiger charge is -2.14. The fourth-order valence-corrected chi connectivity index (χ4v) is 2.76. The van der Waals surface area contributed by atoms with Gasteiger partial charge in [-0.2, -0.15) is 5.10 Å². The van der Waals surface area contributed by atoms with E-state index in [9.17, 15) is 4.79 Å². The number of hydrogen-bond acceptors (Lipinski definition) is 3. The maximum Gasteiger partial charge on any atom is 0.251 e. The van der Waals surface area contributed by atoms with Crippen molar-refractivity contribution in [1.82, 2.24) is 20.1 Å². The fourth-order valence-electron chi connectivity index (χ4n) is 2.76. The van der Waals surface area contributed by atoms with Crippen molar-refractivity contribution in [2.24, 2.45) is 0 Å². The zero-order valence-corrected chi connectivity index (χ0v) is 14.7. The van der Waals surface area contributed by atoms with Gasteiger partial charge in [0.2, 0.25) is 0 Å². The number of hydrogen-bond donors (Lipinski definition) is 1. The first kappa shape index (κ1) is 16.9. The number of amides is 1. The van der Waals surface area contributed by atoms with E-state index in [1.165, 1.54) is 0 Å². The van der Waals surface area contributed by atoms with Crippen LogP contribution in [0.5, 0.6) is 0 Å². The molecule has 0 bridgehead atoms. The number of benzene rings is 1. The van der Waals surface area contributed by atoms with Gasteiger partial charge in [0.15, 0.2) is 0 Å². The van der Waals surface area contributed by atoms with Crippen LogP contribution in [-0.2, 0) is 6.54 Å². The fraction of sp³-hybridized carbons (Fsp3) is 0.250. The standard InChI is InChI=1S/C20H22N4O/c1-14-11-15(2)24(23-14)13-17-6-8-18(9-7-17)20(25)22-16(3)19-5-4-10-21-12-19/h4-12,16H,13H2,1-3H3,(H,22,25)/t16-/m1/s1. The Hall–Kier alpha value is -2.95. The molecule has 5 nitrogen and oxygen atoms in total. The molecule has 25 heavy (non-hydrogen) atoms. The second kappa shape index (κ2) is 7.30. The van der Waals surface area contributed by atoms with Gasteiger partial charge in [-0.05, 0) is 56.2 Å². The smallest absolute Gasteiger partial charge is 0.251 e. The highest BCUT2D eigenvalue weighted by molar-refractivity contribution is 5.94. The Morgan fingerprint density at radius 2 is 1.96 bits per heavy atom. The van der Waals surface area contributed by atoms with Crippen LogP contribution in [0.4, 0.5) is 0 Å². The average Bonchev–Trinajstić information content (AvgIpc) is 2.93. The average molecular weight is 334 g/mol. The van der Waals surface area contributed by atoms with Crippen LogP contribution in [0.25, 0.3) is 0 Å². The van der Waals surface area contributed by atoms with Crippen molar-refractivity contribution < 1.29 is 4.79 Å². The third kappa shape index (κ3) is 4.12. The number of aromatic nitrogens is 3. The summed E-state index contributed by atoms with van der Waals surface area (Å²) >= 11 is 0. The molecule has 1 amide bonds. The number of carbonyl (C=O) groups excluding carboxylic acids is 1. The van der Waals surface area contributed by atoms with Gasteiger partial charge in [0, 0.05) is 23.7 Å². The SMILES string of the molecule is Cc1cc(C)n(Cc2ccc(C(=O)N[C@H](C)c3cccnc3)cc2)n1. The van der Waals surface area contributed by atoms with Crippen LogP contribution in [-0.4, -0.2) is 20.7 Å². The van der Waals surface area contributed by atoms with E-state index in [2.05, 4.69) is 21.5 Å². The van der Waals surface area contributed by atoms with Gasteiger partial charge in [0.05, 0.1) is 18.3 Å². The Bertz CT molecular complexity index is 853. The van der Waals surface area contributed by atoms with Gasteiger partial charge in [0.25, 0.3) is 5.91 Å². The molecule has 0 aliphatic rings.